The number of allylic oxidation sites excluding steroid dienone is 1. The molecule has 2 aromatic carbocycles. The summed E-state index contributed by atoms with van der Waals surface area (Å²) in [6.45, 7) is 2.30. The number of carbonyl (C=O) groups excluding carboxylic acids is 1. The lowest BCUT2D eigenvalue weighted by Crippen LogP contribution is -2.09. The zero-order valence-corrected chi connectivity index (χ0v) is 17.3. The summed E-state index contributed by atoms with van der Waals surface area (Å²) in [5.41, 5.74) is 2.45. The maximum atomic E-state index is 14.1. The van der Waals surface area contributed by atoms with E-state index in [2.05, 4.69) is 9.98 Å². The third-order valence-electron chi connectivity index (χ3n) is 4.91. The minimum absolute atomic E-state index is 0.184. The van der Waals surface area contributed by atoms with Gasteiger partial charge in [0.2, 0.25) is 5.78 Å². The third kappa shape index (κ3) is 5.72. The normalized spacial score (nSPS) is 13.0. The Labute approximate surface area is 179 Å². The van der Waals surface area contributed by atoms with Gasteiger partial charge in [-0.15, -0.1) is 0 Å². The van der Waals surface area contributed by atoms with E-state index in [1.165, 1.54) is 37.4 Å². The summed E-state index contributed by atoms with van der Waals surface area (Å²) in [6.07, 6.45) is 6.17. The first-order valence-electron chi connectivity index (χ1n) is 9.78. The molecule has 0 radical (unpaired) electrons. The first-order valence-corrected chi connectivity index (χ1v) is 9.78. The topological polar surface area (TPSA) is 67.5 Å². The maximum absolute atomic E-state index is 14.1. The maximum Gasteiger partial charge on any atom is 0.237 e. The van der Waals surface area contributed by atoms with Crippen molar-refractivity contribution in [1.29, 1.82) is 0 Å². The van der Waals surface area contributed by atoms with Gasteiger partial charge in [-0.05, 0) is 54.3 Å². The highest BCUT2D eigenvalue weighted by molar-refractivity contribution is 6.35. The van der Waals surface area contributed by atoms with Crippen molar-refractivity contribution in [3.05, 3.63) is 94.8 Å². The van der Waals surface area contributed by atoms with Crippen LogP contribution < -0.4 is 0 Å². The number of aryl methyl sites for hydroxylation is 2. The number of ketones is 1. The standard InChI is InChI=1S/C24H23F2N3O2/c1-16-11-18(13-20(26)12-16)21(17-3-5-19(25)6-4-17)7-9-29-10-8-28-24(29)14-22(30)23(31)15-27-2/h3-6,8,10-15,21,30H,7,9H2,1-2H3/b22-14-,27-15-/t21-/m0/s1. The molecule has 31 heavy (non-hydrogen) atoms. The van der Waals surface area contributed by atoms with Gasteiger partial charge in [-0.3, -0.25) is 9.79 Å². The Balaban J connectivity index is 1.89. The molecule has 5 nitrogen and oxygen atoms in total. The Morgan fingerprint density at radius 2 is 1.90 bits per heavy atom. The van der Waals surface area contributed by atoms with Gasteiger partial charge in [-0.2, -0.15) is 0 Å². The van der Waals surface area contributed by atoms with Crippen molar-refractivity contribution in [2.75, 3.05) is 7.05 Å². The number of hydrogen-bond acceptors (Lipinski definition) is 4. The molecular weight excluding hydrogens is 400 g/mol. The van der Waals surface area contributed by atoms with Gasteiger partial charge >= 0.3 is 0 Å². The van der Waals surface area contributed by atoms with Crippen molar-refractivity contribution in [3.63, 3.8) is 0 Å². The molecule has 0 fully saturated rings. The molecule has 1 heterocycles. The van der Waals surface area contributed by atoms with E-state index in [0.29, 0.717) is 18.8 Å². The van der Waals surface area contributed by atoms with Crippen LogP contribution in [-0.2, 0) is 11.3 Å². The van der Waals surface area contributed by atoms with Crippen LogP contribution in [0, 0.1) is 18.6 Å². The Morgan fingerprint density at radius 3 is 2.58 bits per heavy atom. The minimum Gasteiger partial charge on any atom is -0.504 e. The Kier molecular flexibility index (Phi) is 7.07. The van der Waals surface area contributed by atoms with E-state index < -0.39 is 11.5 Å². The van der Waals surface area contributed by atoms with Gasteiger partial charge in [0.1, 0.15) is 17.5 Å². The second-order valence-corrected chi connectivity index (χ2v) is 7.21. The highest BCUT2D eigenvalue weighted by atomic mass is 19.1. The van der Waals surface area contributed by atoms with Gasteiger partial charge in [0.05, 0.1) is 6.21 Å². The molecular formula is C24H23F2N3O2. The molecule has 3 rings (SSSR count). The molecule has 0 amide bonds. The lowest BCUT2D eigenvalue weighted by molar-refractivity contribution is -0.111. The van der Waals surface area contributed by atoms with Crippen LogP contribution in [0.4, 0.5) is 8.78 Å². The number of aromatic nitrogens is 2. The number of carbonyl (C=O) groups is 1. The second-order valence-electron chi connectivity index (χ2n) is 7.21. The van der Waals surface area contributed by atoms with Gasteiger partial charge in [-0.25, -0.2) is 13.8 Å². The van der Waals surface area contributed by atoms with Crippen LogP contribution in [0.25, 0.3) is 6.08 Å². The fourth-order valence-corrected chi connectivity index (χ4v) is 3.48. The summed E-state index contributed by atoms with van der Waals surface area (Å²) in [4.78, 5) is 19.5. The minimum atomic E-state index is -0.614. The molecule has 0 saturated carbocycles. The lowest BCUT2D eigenvalue weighted by atomic mass is 9.87. The van der Waals surface area contributed by atoms with Crippen LogP contribution in [0.3, 0.4) is 0 Å². The number of nitrogens with zero attached hydrogens (tertiary/aromatic N) is 3. The number of halogens is 2. The quantitative estimate of drug-likeness (QED) is 0.320. The predicted octanol–water partition coefficient (Wildman–Crippen LogP) is 4.86. The second kappa shape index (κ2) is 9.93. The summed E-state index contributed by atoms with van der Waals surface area (Å²) in [5, 5.41) is 9.96. The fourth-order valence-electron chi connectivity index (χ4n) is 3.48. The van der Waals surface area contributed by atoms with Crippen molar-refractivity contribution in [3.8, 4) is 0 Å². The number of aliphatic hydroxyl groups is 1. The largest absolute Gasteiger partial charge is 0.504 e. The number of imidazole rings is 1. The molecule has 0 saturated heterocycles. The van der Waals surface area contributed by atoms with Crippen molar-refractivity contribution < 1.29 is 18.7 Å². The summed E-state index contributed by atoms with van der Waals surface area (Å²) in [6, 6.07) is 11.0. The van der Waals surface area contributed by atoms with Gasteiger partial charge < -0.3 is 9.67 Å². The number of aliphatic hydroxyl groups excluding tert-OH is 1. The van der Waals surface area contributed by atoms with Crippen LogP contribution >= 0.6 is 0 Å². The highest BCUT2D eigenvalue weighted by Crippen LogP contribution is 2.30. The van der Waals surface area contributed by atoms with Crippen LogP contribution in [-0.4, -0.2) is 33.7 Å². The summed E-state index contributed by atoms with van der Waals surface area (Å²) < 4.78 is 29.3. The van der Waals surface area contributed by atoms with E-state index in [0.717, 1.165) is 22.9 Å². The zero-order chi connectivity index (χ0) is 22.4. The number of aliphatic imine (C=N–C) groups is 1. The van der Waals surface area contributed by atoms with Gasteiger partial charge in [0, 0.05) is 38.0 Å². The lowest BCUT2D eigenvalue weighted by Gasteiger charge is -2.20. The average Bonchev–Trinajstić information content (AvgIpc) is 3.16. The molecule has 1 atom stereocenters. The molecule has 0 unspecified atom stereocenters. The average molecular weight is 423 g/mol. The van der Waals surface area contributed by atoms with Crippen LogP contribution in [0.2, 0.25) is 0 Å². The number of benzene rings is 2. The smallest absolute Gasteiger partial charge is 0.237 e. The van der Waals surface area contributed by atoms with E-state index in [9.17, 15) is 18.7 Å². The molecule has 3 aromatic rings. The highest BCUT2D eigenvalue weighted by Gasteiger charge is 2.17. The third-order valence-corrected chi connectivity index (χ3v) is 4.91. The van der Waals surface area contributed by atoms with Crippen LogP contribution in [0.5, 0.6) is 0 Å². The zero-order valence-electron chi connectivity index (χ0n) is 17.3. The predicted molar refractivity (Wildman–Crippen MR) is 116 cm³/mol. The number of Topliss-reactive ketones (excluding diaryl/α,β-unsaturated/α-hetero) is 1. The van der Waals surface area contributed by atoms with Crippen molar-refractivity contribution in [2.45, 2.75) is 25.8 Å². The first kappa shape index (κ1) is 22.1. The summed E-state index contributed by atoms with van der Waals surface area (Å²) in [5.74, 6) is -1.52. The molecule has 1 aromatic heterocycles. The molecule has 0 spiro atoms. The Morgan fingerprint density at radius 1 is 1.16 bits per heavy atom. The van der Waals surface area contributed by atoms with Gasteiger partial charge in [0.25, 0.3) is 0 Å². The molecule has 160 valence electrons. The monoisotopic (exact) mass is 423 g/mol. The van der Waals surface area contributed by atoms with Crippen molar-refractivity contribution in [1.82, 2.24) is 9.55 Å². The van der Waals surface area contributed by atoms with E-state index >= 15 is 0 Å². The Hall–Kier alpha value is -3.61. The van der Waals surface area contributed by atoms with E-state index in [-0.39, 0.29) is 17.6 Å². The first-order chi connectivity index (χ1) is 14.9. The van der Waals surface area contributed by atoms with Crippen molar-refractivity contribution >= 4 is 18.1 Å². The molecule has 0 aliphatic heterocycles. The molecule has 1 N–H and O–H groups in total. The molecule has 0 aliphatic carbocycles. The number of hydrogen-bond donors (Lipinski definition) is 1. The molecule has 0 bridgehead atoms. The van der Waals surface area contributed by atoms with Crippen LogP contribution in [0.1, 0.15) is 34.9 Å². The summed E-state index contributed by atoms with van der Waals surface area (Å²) in [7, 11) is 1.44. The Bertz CT molecular complexity index is 1100. The fraction of sp³-hybridized carbons (Fsp3) is 0.208. The van der Waals surface area contributed by atoms with Crippen molar-refractivity contribution in [2.24, 2.45) is 4.99 Å². The summed E-state index contributed by atoms with van der Waals surface area (Å²) >= 11 is 0. The van der Waals surface area contributed by atoms with E-state index in [1.54, 1.807) is 29.1 Å². The molecule has 0 aliphatic rings. The van der Waals surface area contributed by atoms with E-state index in [4.69, 9.17) is 0 Å². The SMILES string of the molecule is C/N=C\C(=O)/C(O)=C/c1nccn1CC[C@@H](c1ccc(F)cc1)c1cc(C)cc(F)c1. The van der Waals surface area contributed by atoms with Gasteiger partial charge in [0.15, 0.2) is 5.76 Å². The molecule has 7 heteroatoms. The van der Waals surface area contributed by atoms with Gasteiger partial charge in [-0.1, -0.05) is 18.2 Å². The number of rotatable bonds is 8. The van der Waals surface area contributed by atoms with Crippen LogP contribution in [0.15, 0.2) is 65.6 Å². The van der Waals surface area contributed by atoms with E-state index in [1.807, 2.05) is 13.0 Å².